The summed E-state index contributed by atoms with van der Waals surface area (Å²) in [6, 6.07) is 6.09. The highest BCUT2D eigenvalue weighted by molar-refractivity contribution is 5.91. The van der Waals surface area contributed by atoms with Gasteiger partial charge in [0.05, 0.1) is 6.61 Å². The van der Waals surface area contributed by atoms with Crippen LogP contribution in [0.3, 0.4) is 0 Å². The summed E-state index contributed by atoms with van der Waals surface area (Å²) in [6.45, 7) is 6.62. The molecule has 0 bridgehead atoms. The molecule has 0 aromatic heterocycles. The van der Waals surface area contributed by atoms with Gasteiger partial charge >= 0.3 is 0 Å². The van der Waals surface area contributed by atoms with Crippen molar-refractivity contribution in [3.05, 3.63) is 35.4 Å². The third-order valence-electron chi connectivity index (χ3n) is 3.43. The van der Waals surface area contributed by atoms with Gasteiger partial charge in [0.2, 0.25) is 5.91 Å². The zero-order chi connectivity index (χ0) is 14.4. The van der Waals surface area contributed by atoms with Crippen molar-refractivity contribution in [1.29, 1.82) is 0 Å². The van der Waals surface area contributed by atoms with Gasteiger partial charge in [-0.1, -0.05) is 19.9 Å². The Bertz CT molecular complexity index is 488. The second kappa shape index (κ2) is 7.13. The number of carbonyl (C=O) groups is 1. The Balaban J connectivity index is 2.02. The highest BCUT2D eigenvalue weighted by Crippen LogP contribution is 2.26. The van der Waals surface area contributed by atoms with Gasteiger partial charge < -0.3 is 9.64 Å². The molecule has 1 aliphatic heterocycles. The maximum atomic E-state index is 12.1. The van der Waals surface area contributed by atoms with Crippen molar-refractivity contribution in [2.45, 2.75) is 33.1 Å². The van der Waals surface area contributed by atoms with Crippen LogP contribution in [0.25, 0.3) is 6.08 Å². The van der Waals surface area contributed by atoms with Gasteiger partial charge in [-0.25, -0.2) is 0 Å². The van der Waals surface area contributed by atoms with Gasteiger partial charge in [-0.15, -0.1) is 0 Å². The topological polar surface area (TPSA) is 29.5 Å². The lowest BCUT2D eigenvalue weighted by atomic mass is 10.1. The Morgan fingerprint density at radius 3 is 2.75 bits per heavy atom. The number of carbonyl (C=O) groups excluding carboxylic acids is 1. The SMILES string of the molecule is CCCN(CCC)C(=O)/C=C/c1ccc2c(c1)CCO2. The molecule has 0 unspecified atom stereocenters. The number of hydrogen-bond donors (Lipinski definition) is 0. The number of ether oxygens (including phenoxy) is 1. The van der Waals surface area contributed by atoms with E-state index in [2.05, 4.69) is 19.9 Å². The first kappa shape index (κ1) is 14.6. The molecule has 0 saturated carbocycles. The molecule has 0 saturated heterocycles. The smallest absolute Gasteiger partial charge is 0.246 e. The minimum atomic E-state index is 0.102. The maximum Gasteiger partial charge on any atom is 0.246 e. The van der Waals surface area contributed by atoms with Crippen LogP contribution in [-0.2, 0) is 11.2 Å². The molecule has 0 fully saturated rings. The summed E-state index contributed by atoms with van der Waals surface area (Å²) in [5, 5.41) is 0. The Kier molecular flexibility index (Phi) is 5.22. The highest BCUT2D eigenvalue weighted by atomic mass is 16.5. The summed E-state index contributed by atoms with van der Waals surface area (Å²) >= 11 is 0. The number of benzene rings is 1. The molecule has 1 aliphatic rings. The molecule has 1 aromatic carbocycles. The van der Waals surface area contributed by atoms with Gasteiger partial charge in [-0.2, -0.15) is 0 Å². The van der Waals surface area contributed by atoms with Crippen molar-refractivity contribution < 1.29 is 9.53 Å². The van der Waals surface area contributed by atoms with E-state index >= 15 is 0 Å². The normalized spacial score (nSPS) is 13.3. The Morgan fingerprint density at radius 1 is 1.30 bits per heavy atom. The van der Waals surface area contributed by atoms with Gasteiger partial charge in [-0.3, -0.25) is 4.79 Å². The molecule has 0 spiro atoms. The predicted octanol–water partition coefficient (Wildman–Crippen LogP) is 3.28. The molecule has 0 radical (unpaired) electrons. The predicted molar refractivity (Wildman–Crippen MR) is 81.8 cm³/mol. The minimum Gasteiger partial charge on any atom is -0.493 e. The first-order valence-corrected chi connectivity index (χ1v) is 7.47. The van der Waals surface area contributed by atoms with Gasteiger partial charge in [0.15, 0.2) is 0 Å². The molecule has 1 heterocycles. The van der Waals surface area contributed by atoms with Crippen molar-refractivity contribution in [1.82, 2.24) is 4.90 Å². The van der Waals surface area contributed by atoms with Crippen LogP contribution in [0.1, 0.15) is 37.8 Å². The van der Waals surface area contributed by atoms with Crippen LogP contribution in [0.5, 0.6) is 5.75 Å². The van der Waals surface area contributed by atoms with Crippen molar-refractivity contribution >= 4 is 12.0 Å². The summed E-state index contributed by atoms with van der Waals surface area (Å²) in [6.07, 6.45) is 6.54. The molecule has 2 rings (SSSR count). The van der Waals surface area contributed by atoms with Crippen LogP contribution >= 0.6 is 0 Å². The average molecular weight is 273 g/mol. The molecular formula is C17H23NO2. The summed E-state index contributed by atoms with van der Waals surface area (Å²) in [5.74, 6) is 1.08. The number of rotatable bonds is 6. The highest BCUT2D eigenvalue weighted by Gasteiger charge is 2.12. The largest absolute Gasteiger partial charge is 0.493 e. The van der Waals surface area contributed by atoms with Crippen LogP contribution in [0.4, 0.5) is 0 Å². The summed E-state index contributed by atoms with van der Waals surface area (Å²) in [5.41, 5.74) is 2.30. The lowest BCUT2D eigenvalue weighted by Crippen LogP contribution is -2.30. The third-order valence-corrected chi connectivity index (χ3v) is 3.43. The van der Waals surface area contributed by atoms with Crippen molar-refractivity contribution in [2.75, 3.05) is 19.7 Å². The van der Waals surface area contributed by atoms with Crippen LogP contribution in [0, 0.1) is 0 Å². The van der Waals surface area contributed by atoms with E-state index < -0.39 is 0 Å². The van der Waals surface area contributed by atoms with E-state index in [1.807, 2.05) is 23.1 Å². The van der Waals surface area contributed by atoms with E-state index in [-0.39, 0.29) is 5.91 Å². The molecule has 0 N–H and O–H groups in total. The van der Waals surface area contributed by atoms with E-state index in [0.29, 0.717) is 0 Å². The second-order valence-corrected chi connectivity index (χ2v) is 5.12. The quantitative estimate of drug-likeness (QED) is 0.744. The maximum absolute atomic E-state index is 12.1. The molecule has 3 nitrogen and oxygen atoms in total. The van der Waals surface area contributed by atoms with E-state index in [9.17, 15) is 4.79 Å². The second-order valence-electron chi connectivity index (χ2n) is 5.12. The fraction of sp³-hybridized carbons (Fsp3) is 0.471. The third kappa shape index (κ3) is 3.62. The fourth-order valence-electron chi connectivity index (χ4n) is 2.46. The lowest BCUT2D eigenvalue weighted by Gasteiger charge is -2.19. The van der Waals surface area contributed by atoms with Crippen LogP contribution in [0.2, 0.25) is 0 Å². The molecule has 3 heteroatoms. The number of fused-ring (bicyclic) bond motifs is 1. The van der Waals surface area contributed by atoms with Crippen molar-refractivity contribution in [3.8, 4) is 5.75 Å². The zero-order valence-corrected chi connectivity index (χ0v) is 12.4. The van der Waals surface area contributed by atoms with E-state index in [1.54, 1.807) is 6.08 Å². The standard InChI is InChI=1S/C17H23NO2/c1-3-10-18(11-4-2)17(19)8-6-14-5-7-16-15(13-14)9-12-20-16/h5-8,13H,3-4,9-12H2,1-2H3/b8-6+. The van der Waals surface area contributed by atoms with E-state index in [1.165, 1.54) is 5.56 Å². The first-order chi connectivity index (χ1) is 9.74. The Hall–Kier alpha value is -1.77. The lowest BCUT2D eigenvalue weighted by molar-refractivity contribution is -0.126. The Labute approximate surface area is 121 Å². The van der Waals surface area contributed by atoms with Crippen molar-refractivity contribution in [2.24, 2.45) is 0 Å². The van der Waals surface area contributed by atoms with E-state index in [0.717, 1.165) is 50.3 Å². The number of hydrogen-bond acceptors (Lipinski definition) is 2. The molecule has 0 aliphatic carbocycles. The molecular weight excluding hydrogens is 250 g/mol. The fourth-order valence-corrected chi connectivity index (χ4v) is 2.46. The summed E-state index contributed by atoms with van der Waals surface area (Å²) in [4.78, 5) is 14.1. The summed E-state index contributed by atoms with van der Waals surface area (Å²) in [7, 11) is 0. The van der Waals surface area contributed by atoms with Crippen LogP contribution in [-0.4, -0.2) is 30.5 Å². The Morgan fingerprint density at radius 2 is 2.05 bits per heavy atom. The number of nitrogens with zero attached hydrogens (tertiary/aromatic N) is 1. The molecule has 108 valence electrons. The number of amides is 1. The van der Waals surface area contributed by atoms with Gasteiger partial charge in [0.1, 0.15) is 5.75 Å². The van der Waals surface area contributed by atoms with Crippen LogP contribution < -0.4 is 4.74 Å². The first-order valence-electron chi connectivity index (χ1n) is 7.47. The van der Waals surface area contributed by atoms with Gasteiger partial charge in [0, 0.05) is 25.6 Å². The van der Waals surface area contributed by atoms with E-state index in [4.69, 9.17) is 4.74 Å². The molecule has 0 atom stereocenters. The monoisotopic (exact) mass is 273 g/mol. The van der Waals surface area contributed by atoms with Gasteiger partial charge in [-0.05, 0) is 42.2 Å². The molecule has 20 heavy (non-hydrogen) atoms. The summed E-state index contributed by atoms with van der Waals surface area (Å²) < 4.78 is 5.48. The minimum absolute atomic E-state index is 0.102. The molecule has 1 amide bonds. The average Bonchev–Trinajstić information content (AvgIpc) is 2.92. The van der Waals surface area contributed by atoms with Crippen LogP contribution in [0.15, 0.2) is 24.3 Å². The zero-order valence-electron chi connectivity index (χ0n) is 12.4. The van der Waals surface area contributed by atoms with Crippen molar-refractivity contribution in [3.63, 3.8) is 0 Å². The molecule has 1 aromatic rings. The van der Waals surface area contributed by atoms with Gasteiger partial charge in [0.25, 0.3) is 0 Å².